The molecule has 2 nitrogen and oxygen atoms in total. The van der Waals surface area contributed by atoms with Gasteiger partial charge in [-0.15, -0.1) is 0 Å². The van der Waals surface area contributed by atoms with Gasteiger partial charge in [0.15, 0.2) is 0 Å². The fourth-order valence-corrected chi connectivity index (χ4v) is 7.17. The first kappa shape index (κ1) is 25.7. The molecule has 2 aliphatic carbocycles. The quantitative estimate of drug-likeness (QED) is 0.204. The summed E-state index contributed by atoms with van der Waals surface area (Å²) in [5, 5.41) is 4.92. The Labute approximate surface area is 262 Å². The van der Waals surface area contributed by atoms with Crippen LogP contribution in [-0.4, -0.2) is 9.55 Å². The molecular weight excluding hydrogens is 544 g/mol. The second-order valence-electron chi connectivity index (χ2n) is 11.9. The number of imidazole rings is 1. The molecule has 2 heteroatoms. The topological polar surface area (TPSA) is 17.8 Å². The highest BCUT2D eigenvalue weighted by Crippen LogP contribution is 2.46. The molecule has 6 aromatic carbocycles. The van der Waals surface area contributed by atoms with Crippen molar-refractivity contribution in [1.82, 2.24) is 9.55 Å². The number of hydrogen-bond donors (Lipinski definition) is 0. The third kappa shape index (κ3) is 4.22. The zero-order valence-corrected chi connectivity index (χ0v) is 24.8. The molecule has 0 radical (unpaired) electrons. The molecule has 212 valence electrons. The lowest BCUT2D eigenvalue weighted by Gasteiger charge is -2.23. The van der Waals surface area contributed by atoms with E-state index in [-0.39, 0.29) is 0 Å². The molecule has 1 atom stereocenters. The van der Waals surface area contributed by atoms with E-state index in [0.717, 1.165) is 34.5 Å². The summed E-state index contributed by atoms with van der Waals surface area (Å²) in [6, 6.07) is 45.7. The molecule has 45 heavy (non-hydrogen) atoms. The van der Waals surface area contributed by atoms with Crippen molar-refractivity contribution < 1.29 is 0 Å². The lowest BCUT2D eigenvalue weighted by Crippen LogP contribution is -2.06. The van der Waals surface area contributed by atoms with Crippen molar-refractivity contribution in [3.63, 3.8) is 0 Å². The van der Waals surface area contributed by atoms with E-state index in [1.54, 1.807) is 0 Å². The van der Waals surface area contributed by atoms with Crippen molar-refractivity contribution >= 4 is 38.2 Å². The predicted molar refractivity (Wildman–Crippen MR) is 189 cm³/mol. The lowest BCUT2D eigenvalue weighted by molar-refractivity contribution is 0.782. The van der Waals surface area contributed by atoms with Gasteiger partial charge in [0, 0.05) is 28.3 Å². The highest BCUT2D eigenvalue weighted by molar-refractivity contribution is 6.19. The number of benzene rings is 6. The van der Waals surface area contributed by atoms with Gasteiger partial charge in [0.25, 0.3) is 0 Å². The molecule has 7 aromatic rings. The molecule has 0 spiro atoms. The van der Waals surface area contributed by atoms with E-state index >= 15 is 0 Å². The zero-order valence-electron chi connectivity index (χ0n) is 24.8. The van der Waals surface area contributed by atoms with Gasteiger partial charge >= 0.3 is 0 Å². The predicted octanol–water partition coefficient (Wildman–Crippen LogP) is 11.1. The molecule has 0 saturated heterocycles. The zero-order chi connectivity index (χ0) is 29.7. The van der Waals surface area contributed by atoms with Crippen molar-refractivity contribution in [1.29, 1.82) is 0 Å². The summed E-state index contributed by atoms with van der Waals surface area (Å²) in [6.07, 6.45) is 14.8. The first-order chi connectivity index (χ1) is 22.3. The first-order valence-electron chi connectivity index (χ1n) is 15.7. The Bertz CT molecular complexity index is 2380. The molecule has 0 fully saturated rings. The van der Waals surface area contributed by atoms with Gasteiger partial charge in [-0.05, 0) is 62.9 Å². The van der Waals surface area contributed by atoms with Gasteiger partial charge in [0.1, 0.15) is 5.82 Å². The molecule has 1 heterocycles. The summed E-state index contributed by atoms with van der Waals surface area (Å²) in [7, 11) is 0. The second kappa shape index (κ2) is 10.5. The van der Waals surface area contributed by atoms with Gasteiger partial charge < -0.3 is 0 Å². The molecule has 0 saturated carbocycles. The Hall–Kier alpha value is -5.73. The van der Waals surface area contributed by atoms with Crippen molar-refractivity contribution in [3.8, 4) is 28.2 Å². The molecule has 0 N–H and O–H groups in total. The number of allylic oxidation sites excluding steroid dienone is 8. The Morgan fingerprint density at radius 3 is 2.16 bits per heavy atom. The maximum absolute atomic E-state index is 5.60. The highest BCUT2D eigenvalue weighted by Gasteiger charge is 2.27. The van der Waals surface area contributed by atoms with Crippen molar-refractivity contribution in [2.75, 3.05) is 0 Å². The van der Waals surface area contributed by atoms with Crippen LogP contribution < -0.4 is 0 Å². The fourth-order valence-electron chi connectivity index (χ4n) is 7.17. The van der Waals surface area contributed by atoms with Crippen LogP contribution in [0.5, 0.6) is 0 Å². The van der Waals surface area contributed by atoms with E-state index in [0.29, 0.717) is 5.92 Å². The minimum Gasteiger partial charge on any atom is -0.292 e. The Kier molecular flexibility index (Phi) is 5.99. The number of rotatable bonds is 4. The Morgan fingerprint density at radius 2 is 1.33 bits per heavy atom. The second-order valence-corrected chi connectivity index (χ2v) is 11.9. The summed E-state index contributed by atoms with van der Waals surface area (Å²) in [6.45, 7) is 0. The number of fused-ring (bicyclic) bond motifs is 4. The average Bonchev–Trinajstić information content (AvgIpc) is 3.51. The van der Waals surface area contributed by atoms with E-state index in [1.165, 1.54) is 49.4 Å². The minimum absolute atomic E-state index is 0.369. The minimum atomic E-state index is 0.369. The maximum atomic E-state index is 5.60. The molecule has 0 aliphatic heterocycles. The first-order valence-corrected chi connectivity index (χ1v) is 15.7. The summed E-state index contributed by atoms with van der Waals surface area (Å²) in [4.78, 5) is 5.60. The third-order valence-electron chi connectivity index (χ3n) is 9.27. The van der Waals surface area contributed by atoms with Gasteiger partial charge in [-0.25, -0.2) is 4.98 Å². The van der Waals surface area contributed by atoms with Gasteiger partial charge in [0.2, 0.25) is 0 Å². The van der Waals surface area contributed by atoms with Crippen LogP contribution in [0.1, 0.15) is 12.0 Å². The van der Waals surface area contributed by atoms with Crippen LogP contribution >= 0.6 is 0 Å². The summed E-state index contributed by atoms with van der Waals surface area (Å²) < 4.78 is 2.38. The summed E-state index contributed by atoms with van der Waals surface area (Å²) >= 11 is 0. The Morgan fingerprint density at radius 1 is 0.622 bits per heavy atom. The van der Waals surface area contributed by atoms with Crippen LogP contribution in [0.15, 0.2) is 169 Å². The number of para-hydroxylation sites is 1. The van der Waals surface area contributed by atoms with E-state index in [4.69, 9.17) is 4.98 Å². The smallest absolute Gasteiger partial charge is 0.145 e. The van der Waals surface area contributed by atoms with E-state index < -0.39 is 0 Å². The van der Waals surface area contributed by atoms with Crippen molar-refractivity contribution in [2.24, 2.45) is 5.92 Å². The van der Waals surface area contributed by atoms with Gasteiger partial charge in [0.05, 0.1) is 11.0 Å². The van der Waals surface area contributed by atoms with Crippen LogP contribution in [0.25, 0.3) is 66.4 Å². The average molecular weight is 575 g/mol. The molecule has 1 unspecified atom stereocenters. The van der Waals surface area contributed by atoms with Crippen LogP contribution in [0.3, 0.4) is 0 Å². The number of nitrogens with zero attached hydrogens (tertiary/aromatic N) is 2. The van der Waals surface area contributed by atoms with E-state index in [2.05, 4.69) is 168 Å². The summed E-state index contributed by atoms with van der Waals surface area (Å²) in [5.74, 6) is 1.31. The van der Waals surface area contributed by atoms with Crippen molar-refractivity contribution in [2.45, 2.75) is 6.42 Å². The molecule has 1 aromatic heterocycles. The monoisotopic (exact) mass is 574 g/mol. The maximum Gasteiger partial charge on any atom is 0.145 e. The number of hydrogen-bond acceptors (Lipinski definition) is 1. The largest absolute Gasteiger partial charge is 0.292 e. The normalized spacial score (nSPS) is 15.8. The lowest BCUT2D eigenvalue weighted by atomic mass is 9.82. The fraction of sp³-hybridized carbons (Fsp3) is 0.0465. The van der Waals surface area contributed by atoms with Crippen LogP contribution in [0, 0.1) is 5.92 Å². The van der Waals surface area contributed by atoms with Crippen LogP contribution in [-0.2, 0) is 0 Å². The molecule has 0 amide bonds. The third-order valence-corrected chi connectivity index (χ3v) is 9.27. The Balaban J connectivity index is 1.47. The standard InChI is InChI=1S/C43H30N2/c1-3-15-31(16-4-1)43-44-41-39(34-25-23-29-13-7-9-17-32(29)27-34)37-21-11-12-22-38(37)40(42(41)45(43)36-19-5-2-6-20-36)35-26-24-30-14-8-10-18-33(30)28-35/h1-16,18-28,32H,17H2. The summed E-state index contributed by atoms with van der Waals surface area (Å²) in [5.41, 5.74) is 10.5. The SMILES string of the molecule is C1=CCC2C=C(c3c4ccccc4c(-c4ccc5ccccc5c4)c4c3nc(-c3ccccc3)n4-c3ccccc3)C=CC2=C1. The molecule has 0 bridgehead atoms. The van der Waals surface area contributed by atoms with Gasteiger partial charge in [-0.1, -0.05) is 146 Å². The molecule has 9 rings (SSSR count). The van der Waals surface area contributed by atoms with Crippen LogP contribution in [0.4, 0.5) is 0 Å². The van der Waals surface area contributed by atoms with Crippen LogP contribution in [0.2, 0.25) is 0 Å². The van der Waals surface area contributed by atoms with E-state index in [1.807, 2.05) is 0 Å². The van der Waals surface area contributed by atoms with Gasteiger partial charge in [-0.3, -0.25) is 4.57 Å². The molecular formula is C43H30N2. The highest BCUT2D eigenvalue weighted by atomic mass is 15.1. The van der Waals surface area contributed by atoms with Crippen molar-refractivity contribution in [3.05, 3.63) is 175 Å². The van der Waals surface area contributed by atoms with E-state index in [9.17, 15) is 0 Å². The molecule has 2 aliphatic rings. The number of aromatic nitrogens is 2. The van der Waals surface area contributed by atoms with Gasteiger partial charge in [-0.2, -0.15) is 0 Å².